The number of nitro benzene ring substituents is 1. The van der Waals surface area contributed by atoms with E-state index in [2.05, 4.69) is 10.5 Å². The van der Waals surface area contributed by atoms with Crippen molar-refractivity contribution in [1.82, 2.24) is 9.99 Å². The summed E-state index contributed by atoms with van der Waals surface area (Å²) in [6, 6.07) is 16.6. The summed E-state index contributed by atoms with van der Waals surface area (Å²) >= 11 is 0. The van der Waals surface area contributed by atoms with Gasteiger partial charge in [0.15, 0.2) is 0 Å². The fourth-order valence-electron chi connectivity index (χ4n) is 2.46. The topological polar surface area (TPSA) is 98.8 Å². The molecule has 0 saturated carbocycles. The van der Waals surface area contributed by atoms with Crippen LogP contribution in [0.15, 0.2) is 72.0 Å². The summed E-state index contributed by atoms with van der Waals surface area (Å²) in [6.45, 7) is 0. The van der Waals surface area contributed by atoms with Crippen LogP contribution in [0, 0.1) is 10.1 Å². The fraction of sp³-hybridized carbons (Fsp3) is 0.0526. The number of non-ortho nitro benzene ring substituents is 1. The number of nitro groups is 1. The van der Waals surface area contributed by atoms with E-state index >= 15 is 0 Å². The number of rotatable bonds is 6. The second kappa shape index (κ2) is 7.96. The van der Waals surface area contributed by atoms with Gasteiger partial charge in [-0.1, -0.05) is 6.07 Å². The average molecular weight is 364 g/mol. The molecule has 0 aliphatic carbocycles. The van der Waals surface area contributed by atoms with E-state index < -0.39 is 10.8 Å². The number of ether oxygens (including phenoxy) is 1. The van der Waals surface area contributed by atoms with Crippen molar-refractivity contribution in [2.24, 2.45) is 5.10 Å². The van der Waals surface area contributed by atoms with Crippen LogP contribution in [0.25, 0.3) is 5.69 Å². The summed E-state index contributed by atoms with van der Waals surface area (Å²) in [4.78, 5) is 22.3. The van der Waals surface area contributed by atoms with E-state index in [1.54, 1.807) is 7.11 Å². The molecule has 0 unspecified atom stereocenters. The molecule has 1 N–H and O–H groups in total. The van der Waals surface area contributed by atoms with Crippen LogP contribution in [0.1, 0.15) is 16.1 Å². The minimum atomic E-state index is -0.554. The maximum absolute atomic E-state index is 12.1. The number of methoxy groups -OCH3 is 1. The maximum atomic E-state index is 12.1. The number of hydrazone groups is 1. The summed E-state index contributed by atoms with van der Waals surface area (Å²) in [7, 11) is 1.60. The van der Waals surface area contributed by atoms with Gasteiger partial charge in [0.05, 0.1) is 23.9 Å². The molecule has 0 radical (unpaired) electrons. The van der Waals surface area contributed by atoms with E-state index in [1.165, 1.54) is 30.5 Å². The molecule has 8 heteroatoms. The third-order valence-corrected chi connectivity index (χ3v) is 3.81. The Hall–Kier alpha value is -3.94. The number of benzene rings is 2. The summed E-state index contributed by atoms with van der Waals surface area (Å²) in [5.74, 6) is 0.225. The number of carbonyl (C=O) groups excluding carboxylic acids is 1. The van der Waals surface area contributed by atoms with Crippen molar-refractivity contribution in [3.63, 3.8) is 0 Å². The predicted molar refractivity (Wildman–Crippen MR) is 100 cm³/mol. The van der Waals surface area contributed by atoms with Crippen LogP contribution >= 0.6 is 0 Å². The highest BCUT2D eigenvalue weighted by Crippen LogP contribution is 2.17. The summed E-state index contributed by atoms with van der Waals surface area (Å²) < 4.78 is 7.04. The Morgan fingerprint density at radius 2 is 1.96 bits per heavy atom. The average Bonchev–Trinajstić information content (AvgIpc) is 3.16. The van der Waals surface area contributed by atoms with Crippen molar-refractivity contribution in [3.05, 3.63) is 88.2 Å². The molecule has 1 aromatic heterocycles. The second-order valence-corrected chi connectivity index (χ2v) is 5.51. The molecule has 136 valence electrons. The molecule has 27 heavy (non-hydrogen) atoms. The lowest BCUT2D eigenvalue weighted by Gasteiger charge is -2.07. The van der Waals surface area contributed by atoms with Crippen molar-refractivity contribution in [2.75, 3.05) is 7.11 Å². The summed E-state index contributed by atoms with van der Waals surface area (Å²) in [5.41, 5.74) is 4.04. The minimum Gasteiger partial charge on any atom is -0.497 e. The first kappa shape index (κ1) is 17.9. The molecule has 0 spiro atoms. The van der Waals surface area contributed by atoms with Gasteiger partial charge in [0.25, 0.3) is 11.6 Å². The number of hydrogen-bond acceptors (Lipinski definition) is 5. The molecule has 0 aliphatic heterocycles. The van der Waals surface area contributed by atoms with Crippen molar-refractivity contribution >= 4 is 17.8 Å². The van der Waals surface area contributed by atoms with Crippen molar-refractivity contribution < 1.29 is 14.5 Å². The lowest BCUT2D eigenvalue weighted by atomic mass is 10.2. The molecule has 1 heterocycles. The fourth-order valence-corrected chi connectivity index (χ4v) is 2.46. The number of aromatic nitrogens is 1. The summed E-state index contributed by atoms with van der Waals surface area (Å²) in [5, 5.41) is 14.7. The van der Waals surface area contributed by atoms with Crippen LogP contribution in [0.3, 0.4) is 0 Å². The molecule has 1 amide bonds. The number of nitrogens with zero attached hydrogens (tertiary/aromatic N) is 3. The van der Waals surface area contributed by atoms with Gasteiger partial charge in [0.2, 0.25) is 0 Å². The number of amides is 1. The van der Waals surface area contributed by atoms with Crippen LogP contribution in [0.5, 0.6) is 5.75 Å². The number of nitrogens with one attached hydrogen (secondary N) is 1. The van der Waals surface area contributed by atoms with Crippen LogP contribution in [0.2, 0.25) is 0 Å². The Morgan fingerprint density at radius 1 is 1.19 bits per heavy atom. The zero-order chi connectivity index (χ0) is 19.2. The van der Waals surface area contributed by atoms with E-state index in [0.29, 0.717) is 0 Å². The second-order valence-electron chi connectivity index (χ2n) is 5.51. The Labute approximate surface area is 154 Å². The minimum absolute atomic E-state index is 0.153. The smallest absolute Gasteiger partial charge is 0.271 e. The Bertz CT molecular complexity index is 993. The first-order valence-electron chi connectivity index (χ1n) is 7.98. The van der Waals surface area contributed by atoms with Gasteiger partial charge in [0, 0.05) is 29.6 Å². The van der Waals surface area contributed by atoms with Crippen LogP contribution < -0.4 is 10.2 Å². The zero-order valence-corrected chi connectivity index (χ0v) is 14.4. The van der Waals surface area contributed by atoms with Crippen molar-refractivity contribution in [3.8, 4) is 11.4 Å². The van der Waals surface area contributed by atoms with Gasteiger partial charge >= 0.3 is 0 Å². The van der Waals surface area contributed by atoms with Crippen molar-refractivity contribution in [2.45, 2.75) is 0 Å². The molecular formula is C19H16N4O4. The SMILES string of the molecule is COc1ccc(-n2cccc2/C=N\NC(=O)c2cccc([N+](=O)[O-])c2)cc1. The molecule has 3 aromatic rings. The van der Waals surface area contributed by atoms with Gasteiger partial charge in [-0.05, 0) is 42.5 Å². The third kappa shape index (κ3) is 4.18. The zero-order valence-electron chi connectivity index (χ0n) is 14.4. The molecule has 0 aliphatic rings. The molecule has 2 aromatic carbocycles. The normalized spacial score (nSPS) is 10.7. The molecular weight excluding hydrogens is 348 g/mol. The van der Waals surface area contributed by atoms with Crippen molar-refractivity contribution in [1.29, 1.82) is 0 Å². The summed E-state index contributed by atoms with van der Waals surface area (Å²) in [6.07, 6.45) is 3.37. The van der Waals surface area contributed by atoms with Gasteiger partial charge in [-0.3, -0.25) is 14.9 Å². The van der Waals surface area contributed by atoms with Crippen LogP contribution in [0.4, 0.5) is 5.69 Å². The molecule has 0 saturated heterocycles. The quantitative estimate of drug-likeness (QED) is 0.412. The molecule has 0 fully saturated rings. The van der Waals surface area contributed by atoms with Gasteiger partial charge in [-0.2, -0.15) is 5.10 Å². The monoisotopic (exact) mass is 364 g/mol. The molecule has 8 nitrogen and oxygen atoms in total. The van der Waals surface area contributed by atoms with E-state index in [1.807, 2.05) is 47.2 Å². The number of hydrogen-bond donors (Lipinski definition) is 1. The third-order valence-electron chi connectivity index (χ3n) is 3.81. The highest BCUT2D eigenvalue weighted by Gasteiger charge is 2.10. The first-order valence-corrected chi connectivity index (χ1v) is 7.98. The van der Waals surface area contributed by atoms with Gasteiger partial charge in [-0.25, -0.2) is 5.43 Å². The standard InChI is InChI=1S/C19H16N4O4/c1-27-18-9-7-15(8-10-18)22-11-3-6-17(22)13-20-21-19(24)14-4-2-5-16(12-14)23(25)26/h2-13H,1H3,(H,21,24)/b20-13-. The number of carbonyl (C=O) groups is 1. The van der Waals surface area contributed by atoms with E-state index in [4.69, 9.17) is 4.74 Å². The predicted octanol–water partition coefficient (Wildman–Crippen LogP) is 3.16. The largest absolute Gasteiger partial charge is 0.497 e. The molecule has 0 bridgehead atoms. The van der Waals surface area contributed by atoms with Gasteiger partial charge in [-0.15, -0.1) is 0 Å². The van der Waals surface area contributed by atoms with E-state index in [9.17, 15) is 14.9 Å². The molecule has 3 rings (SSSR count). The van der Waals surface area contributed by atoms with Crippen LogP contribution in [-0.2, 0) is 0 Å². The Kier molecular flexibility index (Phi) is 5.27. The lowest BCUT2D eigenvalue weighted by Crippen LogP contribution is -2.18. The van der Waals surface area contributed by atoms with Gasteiger partial charge in [0.1, 0.15) is 5.75 Å². The van der Waals surface area contributed by atoms with Gasteiger partial charge < -0.3 is 9.30 Å². The Morgan fingerprint density at radius 3 is 2.67 bits per heavy atom. The van der Waals surface area contributed by atoms with Crippen LogP contribution in [-0.4, -0.2) is 28.7 Å². The highest BCUT2D eigenvalue weighted by molar-refractivity contribution is 5.95. The lowest BCUT2D eigenvalue weighted by molar-refractivity contribution is -0.384. The first-order chi connectivity index (χ1) is 13.1. The maximum Gasteiger partial charge on any atom is 0.271 e. The highest BCUT2D eigenvalue weighted by atomic mass is 16.6. The van der Waals surface area contributed by atoms with E-state index in [-0.39, 0.29) is 11.3 Å². The Balaban J connectivity index is 1.72. The van der Waals surface area contributed by atoms with E-state index in [0.717, 1.165) is 17.1 Å². The molecule has 0 atom stereocenters.